The highest BCUT2D eigenvalue weighted by Crippen LogP contribution is 2.28. The monoisotopic (exact) mass is 344 g/mol. The van der Waals surface area contributed by atoms with Gasteiger partial charge in [0, 0.05) is 19.6 Å². The van der Waals surface area contributed by atoms with Gasteiger partial charge in [-0.3, -0.25) is 0 Å². The SMILES string of the molecule is NCc1c(Cl)c[c]c(I)c1Br. The molecule has 1 aromatic rings. The van der Waals surface area contributed by atoms with E-state index >= 15 is 0 Å². The van der Waals surface area contributed by atoms with Gasteiger partial charge in [-0.25, -0.2) is 0 Å². The summed E-state index contributed by atoms with van der Waals surface area (Å²) in [5.74, 6) is 0. The maximum absolute atomic E-state index is 5.86. The first kappa shape index (κ1) is 9.77. The molecule has 4 heteroatoms. The molecule has 0 saturated carbocycles. The van der Waals surface area contributed by atoms with E-state index in [4.69, 9.17) is 17.3 Å². The predicted octanol–water partition coefficient (Wildman–Crippen LogP) is 2.97. The number of nitrogens with two attached hydrogens (primary N) is 1. The van der Waals surface area contributed by atoms with Crippen LogP contribution in [0.4, 0.5) is 0 Å². The quantitative estimate of drug-likeness (QED) is 0.615. The van der Waals surface area contributed by atoms with Gasteiger partial charge in [-0.15, -0.1) is 0 Å². The lowest BCUT2D eigenvalue weighted by Crippen LogP contribution is -1.99. The van der Waals surface area contributed by atoms with Crippen molar-refractivity contribution >= 4 is 50.1 Å². The van der Waals surface area contributed by atoms with Gasteiger partial charge in [-0.1, -0.05) is 11.6 Å². The molecule has 1 aromatic carbocycles. The molecule has 59 valence electrons. The standard InChI is InChI=1S/C7H5BrClIN/c8-7-4(3-11)5(9)1-2-6(7)10/h1H,3,11H2. The Bertz CT molecular complexity index is 277. The van der Waals surface area contributed by atoms with Gasteiger partial charge in [-0.05, 0) is 56.2 Å². The topological polar surface area (TPSA) is 26.0 Å². The molecule has 0 fully saturated rings. The molecule has 0 heterocycles. The Morgan fingerprint density at radius 2 is 2.36 bits per heavy atom. The zero-order valence-corrected chi connectivity index (χ0v) is 10.00. The molecule has 0 aliphatic rings. The lowest BCUT2D eigenvalue weighted by atomic mass is 10.2. The summed E-state index contributed by atoms with van der Waals surface area (Å²) < 4.78 is 1.96. The summed E-state index contributed by atoms with van der Waals surface area (Å²) in [5, 5.41) is 0.666. The summed E-state index contributed by atoms with van der Waals surface area (Å²) in [6.45, 7) is 0.449. The Balaban J connectivity index is 3.29. The van der Waals surface area contributed by atoms with E-state index in [-0.39, 0.29) is 0 Å². The molecule has 0 aliphatic carbocycles. The van der Waals surface area contributed by atoms with Crippen LogP contribution < -0.4 is 5.73 Å². The van der Waals surface area contributed by atoms with Gasteiger partial charge in [0.1, 0.15) is 0 Å². The Labute approximate surface area is 92.6 Å². The zero-order valence-electron chi connectivity index (χ0n) is 5.50. The van der Waals surface area contributed by atoms with Gasteiger partial charge < -0.3 is 5.73 Å². The zero-order chi connectivity index (χ0) is 8.43. The molecule has 0 spiro atoms. The van der Waals surface area contributed by atoms with Crippen LogP contribution in [0.1, 0.15) is 5.56 Å². The van der Waals surface area contributed by atoms with E-state index in [0.29, 0.717) is 11.6 Å². The second-order valence-corrected chi connectivity index (χ2v) is 4.23. The smallest absolute Gasteiger partial charge is 0.0469 e. The lowest BCUT2D eigenvalue weighted by Gasteiger charge is -2.04. The van der Waals surface area contributed by atoms with Crippen LogP contribution in [0, 0.1) is 9.64 Å². The van der Waals surface area contributed by atoms with Crippen molar-refractivity contribution in [3.8, 4) is 0 Å². The maximum atomic E-state index is 5.86. The highest BCUT2D eigenvalue weighted by atomic mass is 127. The minimum absolute atomic E-state index is 0.449. The molecule has 0 bridgehead atoms. The van der Waals surface area contributed by atoms with Crippen LogP contribution in [-0.2, 0) is 6.54 Å². The van der Waals surface area contributed by atoms with Gasteiger partial charge in [0.25, 0.3) is 0 Å². The van der Waals surface area contributed by atoms with E-state index in [2.05, 4.69) is 44.6 Å². The molecule has 2 N–H and O–H groups in total. The summed E-state index contributed by atoms with van der Waals surface area (Å²) in [4.78, 5) is 0. The molecular formula is C7H5BrClIN. The highest BCUT2D eigenvalue weighted by Gasteiger charge is 2.06. The van der Waals surface area contributed by atoms with Crippen LogP contribution >= 0.6 is 50.1 Å². The van der Waals surface area contributed by atoms with Gasteiger partial charge in [0.2, 0.25) is 0 Å². The molecule has 11 heavy (non-hydrogen) atoms. The first-order valence-corrected chi connectivity index (χ1v) is 5.16. The second kappa shape index (κ2) is 4.07. The van der Waals surface area contributed by atoms with E-state index in [1.807, 2.05) is 0 Å². The van der Waals surface area contributed by atoms with Crippen LogP contribution in [0.3, 0.4) is 0 Å². The fourth-order valence-electron chi connectivity index (χ4n) is 0.702. The van der Waals surface area contributed by atoms with Crippen molar-refractivity contribution in [1.29, 1.82) is 0 Å². The Morgan fingerprint density at radius 3 is 2.82 bits per heavy atom. The average Bonchev–Trinajstić information content (AvgIpc) is 1.99. The van der Waals surface area contributed by atoms with Crippen molar-refractivity contribution in [2.75, 3.05) is 0 Å². The largest absolute Gasteiger partial charge is 0.326 e. The molecule has 0 amide bonds. The first-order valence-electron chi connectivity index (χ1n) is 2.91. The van der Waals surface area contributed by atoms with Gasteiger partial charge in [0.05, 0.1) is 0 Å². The fraction of sp³-hybridized carbons (Fsp3) is 0.143. The van der Waals surface area contributed by atoms with Gasteiger partial charge in [-0.2, -0.15) is 0 Å². The van der Waals surface area contributed by atoms with Gasteiger partial charge in [0.15, 0.2) is 0 Å². The van der Waals surface area contributed by atoms with Crippen LogP contribution in [0.25, 0.3) is 0 Å². The first-order chi connectivity index (χ1) is 5.16. The summed E-state index contributed by atoms with van der Waals surface area (Å²) in [6, 6.07) is 4.73. The number of hydrogen-bond acceptors (Lipinski definition) is 1. The Kier molecular flexibility index (Phi) is 3.61. The molecule has 0 aromatic heterocycles. The van der Waals surface area contributed by atoms with Crippen LogP contribution in [0.5, 0.6) is 0 Å². The minimum Gasteiger partial charge on any atom is -0.326 e. The van der Waals surface area contributed by atoms with E-state index in [9.17, 15) is 0 Å². The molecule has 0 unspecified atom stereocenters. The van der Waals surface area contributed by atoms with Crippen molar-refractivity contribution in [2.24, 2.45) is 5.73 Å². The van der Waals surface area contributed by atoms with Crippen LogP contribution in [0.2, 0.25) is 5.02 Å². The lowest BCUT2D eigenvalue weighted by molar-refractivity contribution is 1.06. The van der Waals surface area contributed by atoms with Crippen molar-refractivity contribution in [3.05, 3.63) is 30.8 Å². The number of hydrogen-bond donors (Lipinski definition) is 1. The average molecular weight is 345 g/mol. The van der Waals surface area contributed by atoms with Crippen molar-refractivity contribution in [2.45, 2.75) is 6.54 Å². The minimum atomic E-state index is 0.449. The molecule has 1 nitrogen and oxygen atoms in total. The predicted molar refractivity (Wildman–Crippen MR) is 58.6 cm³/mol. The van der Waals surface area contributed by atoms with Crippen molar-refractivity contribution in [1.82, 2.24) is 0 Å². The van der Waals surface area contributed by atoms with Crippen molar-refractivity contribution < 1.29 is 0 Å². The van der Waals surface area contributed by atoms with E-state index in [1.54, 1.807) is 6.07 Å². The van der Waals surface area contributed by atoms with E-state index in [1.165, 1.54) is 0 Å². The third-order valence-corrected chi connectivity index (χ3v) is 4.08. The van der Waals surface area contributed by atoms with Crippen molar-refractivity contribution in [3.63, 3.8) is 0 Å². The van der Waals surface area contributed by atoms with E-state index < -0.39 is 0 Å². The second-order valence-electron chi connectivity index (χ2n) is 1.95. The normalized spacial score (nSPS) is 10.2. The van der Waals surface area contributed by atoms with Crippen LogP contribution in [0.15, 0.2) is 10.5 Å². The maximum Gasteiger partial charge on any atom is 0.0469 e. The summed E-state index contributed by atoms with van der Waals surface area (Å²) in [6.07, 6.45) is 0. The fourth-order valence-corrected chi connectivity index (χ4v) is 2.01. The third-order valence-electron chi connectivity index (χ3n) is 1.28. The van der Waals surface area contributed by atoms with Gasteiger partial charge >= 0.3 is 0 Å². The molecule has 1 rings (SSSR count). The van der Waals surface area contributed by atoms with Crippen LogP contribution in [-0.4, -0.2) is 0 Å². The third kappa shape index (κ3) is 2.08. The summed E-state index contributed by atoms with van der Waals surface area (Å²) >= 11 is 11.4. The summed E-state index contributed by atoms with van der Waals surface area (Å²) in [5.41, 5.74) is 6.43. The molecule has 1 radical (unpaired) electrons. The summed E-state index contributed by atoms with van der Waals surface area (Å²) in [7, 11) is 0. The number of benzene rings is 1. The molecule has 0 aliphatic heterocycles. The Hall–Kier alpha value is 0.680. The van der Waals surface area contributed by atoms with E-state index in [0.717, 1.165) is 13.6 Å². The highest BCUT2D eigenvalue weighted by molar-refractivity contribution is 14.1. The number of halogens is 3. The molecule has 0 saturated heterocycles. The Morgan fingerprint density at radius 1 is 1.73 bits per heavy atom. The molecule has 0 atom stereocenters. The number of rotatable bonds is 1. The molecular weight excluding hydrogens is 340 g/mol.